The lowest BCUT2D eigenvalue weighted by Gasteiger charge is -2.18. The Balaban J connectivity index is 1.78. The van der Waals surface area contributed by atoms with Crippen LogP contribution in [0.25, 0.3) is 0 Å². The lowest BCUT2D eigenvalue weighted by Crippen LogP contribution is -2.26. The first-order valence-electron chi connectivity index (χ1n) is 6.01. The third kappa shape index (κ3) is 2.63. The predicted molar refractivity (Wildman–Crippen MR) is 61.7 cm³/mol. The monoisotopic (exact) mass is 207 g/mol. The van der Waals surface area contributed by atoms with Gasteiger partial charge in [0.15, 0.2) is 0 Å². The van der Waals surface area contributed by atoms with Crippen LogP contribution in [0, 0.1) is 5.41 Å². The Morgan fingerprint density at radius 1 is 1.53 bits per heavy atom. The summed E-state index contributed by atoms with van der Waals surface area (Å²) in [5, 5.41) is 3.61. The molecule has 84 valence electrons. The molecule has 1 fully saturated rings. The number of hydrogen-bond donors (Lipinski definition) is 1. The first kappa shape index (κ1) is 10.7. The molecule has 0 saturated heterocycles. The van der Waals surface area contributed by atoms with Gasteiger partial charge in [0.1, 0.15) is 0 Å². The summed E-state index contributed by atoms with van der Waals surface area (Å²) in [5.41, 5.74) is 1.88. The lowest BCUT2D eigenvalue weighted by molar-refractivity contribution is 0.396. The second kappa shape index (κ2) is 4.40. The first-order chi connectivity index (χ1) is 7.26. The molecule has 1 heterocycles. The smallest absolute Gasteiger partial charge is 0.0950 e. The van der Waals surface area contributed by atoms with Gasteiger partial charge in [-0.3, -0.25) is 0 Å². The maximum Gasteiger partial charge on any atom is 0.0950 e. The molecule has 1 aliphatic carbocycles. The lowest BCUT2D eigenvalue weighted by atomic mass is 10.00. The molecule has 0 aliphatic heterocycles. The zero-order chi connectivity index (χ0) is 10.7. The highest BCUT2D eigenvalue weighted by molar-refractivity contribution is 5.10. The average molecular weight is 207 g/mol. The summed E-state index contributed by atoms with van der Waals surface area (Å²) in [6.45, 7) is 5.64. The zero-order valence-corrected chi connectivity index (χ0v) is 9.75. The van der Waals surface area contributed by atoms with Crippen LogP contribution in [0.4, 0.5) is 0 Å². The number of nitrogens with one attached hydrogen (secondary N) is 1. The van der Waals surface area contributed by atoms with Crippen molar-refractivity contribution in [1.82, 2.24) is 5.32 Å². The highest BCUT2D eigenvalue weighted by Gasteiger charge is 2.41. The van der Waals surface area contributed by atoms with E-state index >= 15 is 0 Å². The van der Waals surface area contributed by atoms with Crippen molar-refractivity contribution in [2.24, 2.45) is 5.41 Å². The highest BCUT2D eigenvalue weighted by atomic mass is 16.3. The molecular formula is C13H21NO. The van der Waals surface area contributed by atoms with Crippen molar-refractivity contribution in [2.75, 3.05) is 6.54 Å². The summed E-state index contributed by atoms with van der Waals surface area (Å²) in [6, 6.07) is 2.45. The van der Waals surface area contributed by atoms with Crippen LogP contribution in [-0.4, -0.2) is 6.54 Å². The molecule has 2 nitrogen and oxygen atoms in total. The largest absolute Gasteiger partial charge is 0.472 e. The summed E-state index contributed by atoms with van der Waals surface area (Å²) >= 11 is 0. The summed E-state index contributed by atoms with van der Waals surface area (Å²) in [4.78, 5) is 0. The fraction of sp³-hybridized carbons (Fsp3) is 0.692. The van der Waals surface area contributed by atoms with E-state index < -0.39 is 0 Å². The minimum atomic E-state index is 0.415. The fourth-order valence-corrected chi connectivity index (χ4v) is 2.23. The van der Waals surface area contributed by atoms with Crippen LogP contribution in [0.1, 0.15) is 51.1 Å². The van der Waals surface area contributed by atoms with Crippen molar-refractivity contribution in [3.8, 4) is 0 Å². The van der Waals surface area contributed by atoms with Crippen LogP contribution in [0.3, 0.4) is 0 Å². The average Bonchev–Trinajstić information content (AvgIpc) is 2.81. The molecule has 1 aliphatic rings. The highest BCUT2D eigenvalue weighted by Crippen LogP contribution is 2.49. The van der Waals surface area contributed by atoms with Gasteiger partial charge in [-0.1, -0.05) is 13.3 Å². The number of hydrogen-bond acceptors (Lipinski definition) is 2. The van der Waals surface area contributed by atoms with Gasteiger partial charge in [-0.25, -0.2) is 0 Å². The molecule has 0 radical (unpaired) electrons. The minimum absolute atomic E-state index is 0.415. The second-order valence-corrected chi connectivity index (χ2v) is 4.91. The molecule has 1 atom stereocenters. The summed E-state index contributed by atoms with van der Waals surface area (Å²) in [6.07, 6.45) is 9.07. The Morgan fingerprint density at radius 2 is 2.33 bits per heavy atom. The molecule has 15 heavy (non-hydrogen) atoms. The zero-order valence-electron chi connectivity index (χ0n) is 9.75. The molecule has 2 heteroatoms. The van der Waals surface area contributed by atoms with Gasteiger partial charge in [0.25, 0.3) is 0 Å². The van der Waals surface area contributed by atoms with E-state index in [1.54, 1.807) is 6.26 Å². The van der Waals surface area contributed by atoms with E-state index in [-0.39, 0.29) is 0 Å². The van der Waals surface area contributed by atoms with Gasteiger partial charge >= 0.3 is 0 Å². The van der Waals surface area contributed by atoms with Gasteiger partial charge in [0.05, 0.1) is 12.5 Å². The van der Waals surface area contributed by atoms with Gasteiger partial charge in [-0.2, -0.15) is 0 Å². The van der Waals surface area contributed by atoms with E-state index in [9.17, 15) is 0 Å². The van der Waals surface area contributed by atoms with E-state index in [2.05, 4.69) is 19.2 Å². The van der Waals surface area contributed by atoms with Crippen molar-refractivity contribution in [3.63, 3.8) is 0 Å². The van der Waals surface area contributed by atoms with Crippen molar-refractivity contribution in [3.05, 3.63) is 24.2 Å². The molecule has 0 amide bonds. The molecule has 0 bridgehead atoms. The molecule has 2 rings (SSSR count). The summed E-state index contributed by atoms with van der Waals surface area (Å²) in [7, 11) is 0. The molecule has 1 unspecified atom stereocenters. The SMILES string of the molecule is CCCC1(CNC(C)c2ccoc2)CC1. The van der Waals surface area contributed by atoms with E-state index in [4.69, 9.17) is 4.42 Å². The third-order valence-corrected chi connectivity index (χ3v) is 3.56. The van der Waals surface area contributed by atoms with Crippen LogP contribution in [-0.2, 0) is 0 Å². The van der Waals surface area contributed by atoms with Gasteiger partial charge in [-0.05, 0) is 37.7 Å². The Hall–Kier alpha value is -0.760. The maximum atomic E-state index is 5.09. The third-order valence-electron chi connectivity index (χ3n) is 3.56. The summed E-state index contributed by atoms with van der Waals surface area (Å²) < 4.78 is 5.09. The van der Waals surface area contributed by atoms with Gasteiger partial charge in [0, 0.05) is 18.2 Å². The van der Waals surface area contributed by atoms with Crippen LogP contribution >= 0.6 is 0 Å². The minimum Gasteiger partial charge on any atom is -0.472 e. The summed E-state index contributed by atoms with van der Waals surface area (Å²) in [5.74, 6) is 0. The molecule has 1 aromatic rings. The number of rotatable bonds is 6. The van der Waals surface area contributed by atoms with E-state index in [0.29, 0.717) is 11.5 Å². The topological polar surface area (TPSA) is 25.2 Å². The van der Waals surface area contributed by atoms with Gasteiger partial charge in [0.2, 0.25) is 0 Å². The van der Waals surface area contributed by atoms with Gasteiger partial charge in [-0.15, -0.1) is 0 Å². The molecular weight excluding hydrogens is 186 g/mol. The maximum absolute atomic E-state index is 5.09. The normalized spacial score (nSPS) is 20.1. The molecule has 0 spiro atoms. The van der Waals surface area contributed by atoms with Crippen LogP contribution in [0.5, 0.6) is 0 Å². The van der Waals surface area contributed by atoms with E-state index in [1.807, 2.05) is 12.3 Å². The Kier molecular flexibility index (Phi) is 3.15. The first-order valence-corrected chi connectivity index (χ1v) is 6.01. The molecule has 1 N–H and O–H groups in total. The molecule has 0 aromatic carbocycles. The Bertz CT molecular complexity index is 287. The number of furan rings is 1. The van der Waals surface area contributed by atoms with Crippen LogP contribution < -0.4 is 5.32 Å². The second-order valence-electron chi connectivity index (χ2n) is 4.91. The molecule has 1 aromatic heterocycles. The van der Waals surface area contributed by atoms with Crippen molar-refractivity contribution in [1.29, 1.82) is 0 Å². The predicted octanol–water partition coefficient (Wildman–Crippen LogP) is 3.51. The van der Waals surface area contributed by atoms with E-state index in [0.717, 1.165) is 6.54 Å². The molecule has 1 saturated carbocycles. The van der Waals surface area contributed by atoms with Gasteiger partial charge < -0.3 is 9.73 Å². The quantitative estimate of drug-likeness (QED) is 0.772. The fourth-order valence-electron chi connectivity index (χ4n) is 2.23. The van der Waals surface area contributed by atoms with E-state index in [1.165, 1.54) is 31.2 Å². The van der Waals surface area contributed by atoms with Crippen molar-refractivity contribution >= 4 is 0 Å². The van der Waals surface area contributed by atoms with Crippen molar-refractivity contribution in [2.45, 2.75) is 45.6 Å². The Labute approximate surface area is 92.1 Å². The van der Waals surface area contributed by atoms with Crippen LogP contribution in [0.15, 0.2) is 23.0 Å². The Morgan fingerprint density at radius 3 is 2.87 bits per heavy atom. The van der Waals surface area contributed by atoms with Crippen molar-refractivity contribution < 1.29 is 4.42 Å². The van der Waals surface area contributed by atoms with Crippen LogP contribution in [0.2, 0.25) is 0 Å². The standard InChI is InChI=1S/C13H21NO/c1-3-5-13(6-7-13)10-14-11(2)12-4-8-15-9-12/h4,8-9,11,14H,3,5-7,10H2,1-2H3.